The van der Waals surface area contributed by atoms with Crippen LogP contribution in [-0.4, -0.2) is 28.7 Å². The second-order valence-electron chi connectivity index (χ2n) is 4.22. The van der Waals surface area contributed by atoms with Gasteiger partial charge in [0, 0.05) is 11.0 Å². The van der Waals surface area contributed by atoms with E-state index < -0.39 is 23.6 Å². The number of rotatable bonds is 4. The molecule has 0 aliphatic carbocycles. The van der Waals surface area contributed by atoms with E-state index in [1.807, 2.05) is 0 Å². The molecule has 1 rings (SSSR count). The van der Waals surface area contributed by atoms with Gasteiger partial charge in [-0.25, -0.2) is 4.79 Å². The number of carboxylic acids is 1. The van der Waals surface area contributed by atoms with Crippen LogP contribution in [0.5, 0.6) is 0 Å². The number of nitrogens with one attached hydrogen (secondary N) is 1. The van der Waals surface area contributed by atoms with E-state index in [0.29, 0.717) is 11.8 Å². The normalized spacial score (nSPS) is 15.1. The third-order valence-electron chi connectivity index (χ3n) is 2.66. The number of alkyl halides is 3. The topological polar surface area (TPSA) is 66.4 Å². The van der Waals surface area contributed by atoms with Crippen LogP contribution in [0.4, 0.5) is 13.2 Å². The molecule has 1 aromatic rings. The average molecular weight is 307 g/mol. The largest absolute Gasteiger partial charge is 0.479 e. The average Bonchev–Trinajstić information content (AvgIpc) is 2.70. The first kappa shape index (κ1) is 16.2. The van der Waals surface area contributed by atoms with Crippen LogP contribution in [0.25, 0.3) is 6.08 Å². The maximum Gasteiger partial charge on any atom is 0.422 e. The number of aliphatic carboxylic acids is 1. The molecule has 0 bridgehead atoms. The van der Waals surface area contributed by atoms with Crippen molar-refractivity contribution < 1.29 is 27.9 Å². The molecule has 0 radical (unpaired) electrons. The van der Waals surface area contributed by atoms with Crippen LogP contribution in [0.1, 0.15) is 17.4 Å². The van der Waals surface area contributed by atoms with Crippen molar-refractivity contribution in [3.05, 3.63) is 28.0 Å². The summed E-state index contributed by atoms with van der Waals surface area (Å²) in [7, 11) is 0. The third kappa shape index (κ3) is 3.38. The van der Waals surface area contributed by atoms with Gasteiger partial charge in [-0.15, -0.1) is 11.3 Å². The summed E-state index contributed by atoms with van der Waals surface area (Å²) in [6.07, 6.45) is -2.87. The summed E-state index contributed by atoms with van der Waals surface area (Å²) in [6, 6.07) is 1.79. The lowest BCUT2D eigenvalue weighted by atomic mass is 10.0. The van der Waals surface area contributed by atoms with Crippen molar-refractivity contribution in [3.8, 4) is 0 Å². The molecule has 1 amide bonds. The molecule has 0 aromatic carbocycles. The molecular formula is C12H12F3NO3S. The maximum absolute atomic E-state index is 12.7. The number of aryl methyl sites for hydroxylation is 1. The number of amides is 1. The van der Waals surface area contributed by atoms with Crippen molar-refractivity contribution in [2.45, 2.75) is 25.6 Å². The lowest BCUT2D eigenvalue weighted by molar-refractivity contribution is -0.206. The highest BCUT2D eigenvalue weighted by Gasteiger charge is 2.58. The van der Waals surface area contributed by atoms with Gasteiger partial charge in [0.2, 0.25) is 11.4 Å². The summed E-state index contributed by atoms with van der Waals surface area (Å²) < 4.78 is 38.0. The van der Waals surface area contributed by atoms with Gasteiger partial charge in [-0.05, 0) is 36.9 Å². The Kier molecular flexibility index (Phi) is 4.59. The van der Waals surface area contributed by atoms with E-state index in [9.17, 15) is 22.8 Å². The molecule has 110 valence electrons. The van der Waals surface area contributed by atoms with Crippen molar-refractivity contribution in [3.63, 3.8) is 0 Å². The van der Waals surface area contributed by atoms with Crippen LogP contribution in [0.3, 0.4) is 0 Å². The number of carboxylic acid groups (broad SMARTS) is 1. The van der Waals surface area contributed by atoms with Crippen LogP contribution < -0.4 is 5.32 Å². The Morgan fingerprint density at radius 2 is 2.00 bits per heavy atom. The quantitative estimate of drug-likeness (QED) is 0.840. The van der Waals surface area contributed by atoms with E-state index in [2.05, 4.69) is 0 Å². The van der Waals surface area contributed by atoms with Gasteiger partial charge < -0.3 is 10.4 Å². The highest BCUT2D eigenvalue weighted by molar-refractivity contribution is 7.11. The molecule has 1 aromatic heterocycles. The summed E-state index contributed by atoms with van der Waals surface area (Å²) in [5, 5.41) is 11.9. The highest BCUT2D eigenvalue weighted by Crippen LogP contribution is 2.30. The van der Waals surface area contributed by atoms with E-state index in [1.165, 1.54) is 22.7 Å². The smallest absolute Gasteiger partial charge is 0.422 e. The maximum atomic E-state index is 12.7. The number of hydrogen-bond acceptors (Lipinski definition) is 3. The minimum Gasteiger partial charge on any atom is -0.479 e. The molecule has 0 spiro atoms. The van der Waals surface area contributed by atoms with E-state index >= 15 is 0 Å². The Morgan fingerprint density at radius 1 is 1.40 bits per heavy atom. The number of thiophene rings is 1. The van der Waals surface area contributed by atoms with Gasteiger partial charge >= 0.3 is 12.1 Å². The van der Waals surface area contributed by atoms with E-state index in [-0.39, 0.29) is 0 Å². The molecule has 8 heteroatoms. The zero-order chi connectivity index (χ0) is 15.6. The molecule has 1 atom stereocenters. The second-order valence-corrected chi connectivity index (χ2v) is 5.17. The van der Waals surface area contributed by atoms with Gasteiger partial charge in [-0.3, -0.25) is 4.79 Å². The number of halogens is 3. The minimum absolute atomic E-state index is 0.400. The first-order valence-electron chi connectivity index (χ1n) is 5.42. The van der Waals surface area contributed by atoms with Gasteiger partial charge in [0.05, 0.1) is 0 Å². The van der Waals surface area contributed by atoms with Crippen LogP contribution in [0.15, 0.2) is 17.5 Å². The van der Waals surface area contributed by atoms with Crippen molar-refractivity contribution in [2.75, 3.05) is 0 Å². The van der Waals surface area contributed by atoms with Crippen molar-refractivity contribution in [1.29, 1.82) is 0 Å². The van der Waals surface area contributed by atoms with Gasteiger partial charge in [-0.2, -0.15) is 13.2 Å². The van der Waals surface area contributed by atoms with E-state index in [0.717, 1.165) is 11.6 Å². The standard InChI is InChI=1S/C12H12F3NO3S/c1-7-5-6-20-8(7)3-4-9(17)16-11(2,10(18)19)12(13,14)15/h3-6H,1-2H3,(H,16,17)(H,18,19). The van der Waals surface area contributed by atoms with Crippen molar-refractivity contribution in [2.24, 2.45) is 0 Å². The van der Waals surface area contributed by atoms with E-state index in [1.54, 1.807) is 18.4 Å². The summed E-state index contributed by atoms with van der Waals surface area (Å²) in [4.78, 5) is 22.9. The summed E-state index contributed by atoms with van der Waals surface area (Å²) in [6.45, 7) is 2.18. The monoisotopic (exact) mass is 307 g/mol. The lowest BCUT2D eigenvalue weighted by Crippen LogP contribution is -2.61. The Balaban J connectivity index is 2.86. The molecule has 20 heavy (non-hydrogen) atoms. The minimum atomic E-state index is -5.10. The summed E-state index contributed by atoms with van der Waals surface area (Å²) in [5.74, 6) is -3.29. The van der Waals surface area contributed by atoms with Gasteiger partial charge in [0.25, 0.3) is 0 Å². The molecule has 1 unspecified atom stereocenters. The SMILES string of the molecule is Cc1ccsc1C=CC(=O)NC(C)(C(=O)O)C(F)(F)F. The zero-order valence-corrected chi connectivity index (χ0v) is 11.4. The molecule has 0 fully saturated rings. The lowest BCUT2D eigenvalue weighted by Gasteiger charge is -2.27. The molecule has 0 aliphatic rings. The van der Waals surface area contributed by atoms with Crippen molar-refractivity contribution in [1.82, 2.24) is 5.32 Å². The second kappa shape index (κ2) is 5.66. The molecule has 0 aliphatic heterocycles. The van der Waals surface area contributed by atoms with E-state index in [4.69, 9.17) is 5.11 Å². The van der Waals surface area contributed by atoms with Crippen LogP contribution >= 0.6 is 11.3 Å². The van der Waals surface area contributed by atoms with Gasteiger partial charge in [-0.1, -0.05) is 0 Å². The third-order valence-corrected chi connectivity index (χ3v) is 3.64. The number of carbonyl (C=O) groups is 2. The van der Waals surface area contributed by atoms with Crippen LogP contribution in [0.2, 0.25) is 0 Å². The Labute approximate surface area is 116 Å². The fraction of sp³-hybridized carbons (Fsp3) is 0.333. The summed E-state index contributed by atoms with van der Waals surface area (Å²) >= 11 is 1.32. The van der Waals surface area contributed by atoms with Crippen LogP contribution in [0, 0.1) is 6.92 Å². The fourth-order valence-electron chi connectivity index (χ4n) is 1.24. The predicted octanol–water partition coefficient (Wildman–Crippen LogP) is 2.59. The fourth-order valence-corrected chi connectivity index (χ4v) is 2.06. The highest BCUT2D eigenvalue weighted by atomic mass is 32.1. The molecule has 0 saturated heterocycles. The Morgan fingerprint density at radius 3 is 2.40 bits per heavy atom. The van der Waals surface area contributed by atoms with Crippen LogP contribution in [-0.2, 0) is 9.59 Å². The summed E-state index contributed by atoms with van der Waals surface area (Å²) in [5.41, 5.74) is -2.45. The molecular weight excluding hydrogens is 295 g/mol. The predicted molar refractivity (Wildman–Crippen MR) is 68.3 cm³/mol. The molecule has 4 nitrogen and oxygen atoms in total. The van der Waals surface area contributed by atoms with Gasteiger partial charge in [0.1, 0.15) is 0 Å². The Hall–Kier alpha value is -1.83. The molecule has 2 N–H and O–H groups in total. The Bertz CT molecular complexity index is 550. The first-order valence-corrected chi connectivity index (χ1v) is 6.30. The number of carbonyl (C=O) groups excluding carboxylic acids is 1. The van der Waals surface area contributed by atoms with Gasteiger partial charge in [0.15, 0.2) is 0 Å². The molecule has 1 heterocycles. The number of hydrogen-bond donors (Lipinski definition) is 2. The zero-order valence-electron chi connectivity index (χ0n) is 10.6. The first-order chi connectivity index (χ1) is 9.08. The van der Waals surface area contributed by atoms with Crippen molar-refractivity contribution >= 4 is 29.3 Å². The molecule has 0 saturated carbocycles.